The van der Waals surface area contributed by atoms with Crippen molar-refractivity contribution in [1.82, 2.24) is 10.2 Å². The van der Waals surface area contributed by atoms with Gasteiger partial charge in [0.15, 0.2) is 0 Å². The Morgan fingerprint density at radius 1 is 1.17 bits per heavy atom. The maximum atomic E-state index is 12.6. The Morgan fingerprint density at radius 3 is 2.13 bits per heavy atom. The van der Waals surface area contributed by atoms with Crippen molar-refractivity contribution in [1.29, 1.82) is 0 Å². The quantitative estimate of drug-likeness (QED) is 0.612. The predicted molar refractivity (Wildman–Crippen MR) is 71.6 cm³/mol. The second-order valence-corrected chi connectivity index (χ2v) is 6.28. The van der Waals surface area contributed by atoms with Gasteiger partial charge in [-0.05, 0) is 0 Å². The number of likely N-dealkylation sites (N-methyl/N-ethyl adjacent to an activating group) is 1. The summed E-state index contributed by atoms with van der Waals surface area (Å²) in [5.74, 6) is -3.60. The number of methoxy groups -OCH3 is 1. The molecule has 0 aromatic heterocycles. The minimum absolute atomic E-state index is 0.270. The number of ether oxygens (including phenoxy) is 4. The van der Waals surface area contributed by atoms with Crippen LogP contribution in [0.5, 0.6) is 0 Å². The van der Waals surface area contributed by atoms with Gasteiger partial charge in [0, 0.05) is 21.1 Å². The summed E-state index contributed by atoms with van der Waals surface area (Å²) in [6, 6.07) is 0. The van der Waals surface area contributed by atoms with E-state index in [9.17, 15) is 14.4 Å². The summed E-state index contributed by atoms with van der Waals surface area (Å²) in [7, 11) is 2.92. The van der Waals surface area contributed by atoms with Crippen LogP contribution in [0, 0.1) is 11.8 Å². The molecule has 0 radical (unpaired) electrons. The molecule has 2 bridgehead atoms. The van der Waals surface area contributed by atoms with Gasteiger partial charge in [0.05, 0.1) is 24.0 Å². The van der Waals surface area contributed by atoms with E-state index in [0.717, 1.165) is 4.90 Å². The minimum Gasteiger partial charge on any atom is -0.368 e. The Morgan fingerprint density at radius 2 is 1.70 bits per heavy atom. The Bertz CT molecular complexity index is 558. The smallest absolute Gasteiger partial charge is 0.280 e. The van der Waals surface area contributed by atoms with E-state index < -0.39 is 42.2 Å². The van der Waals surface area contributed by atoms with Crippen LogP contribution in [0.15, 0.2) is 0 Å². The molecule has 0 aromatic carbocycles. The number of carbonyl (C=O) groups is 3. The summed E-state index contributed by atoms with van der Waals surface area (Å²) >= 11 is 0. The zero-order valence-corrected chi connectivity index (χ0v) is 13.0. The molecule has 126 valence electrons. The molecule has 4 aliphatic heterocycles. The molecule has 5 unspecified atom stereocenters. The lowest BCUT2D eigenvalue weighted by atomic mass is 9.78. The molecule has 0 aromatic rings. The largest absolute Gasteiger partial charge is 0.368 e. The average molecular weight is 326 g/mol. The molecular weight excluding hydrogens is 308 g/mol. The monoisotopic (exact) mass is 326 g/mol. The normalized spacial score (nSPS) is 47.2. The number of rotatable bonds is 3. The number of amides is 3. The molecule has 9 heteroatoms. The number of imide groups is 1. The predicted octanol–water partition coefficient (Wildman–Crippen LogP) is -1.78. The molecule has 4 fully saturated rings. The van der Waals surface area contributed by atoms with Gasteiger partial charge in [-0.1, -0.05) is 0 Å². The van der Waals surface area contributed by atoms with Gasteiger partial charge in [0.1, 0.15) is 18.8 Å². The SMILES string of the molecule is CNC(=O)CN1C(=O)C2C3O[C@@H](C2C1=O)[C@H]1OC(C)(OC)OC31. The number of likely N-dealkylation sites (tertiary alicyclic amines) is 1. The second-order valence-electron chi connectivity index (χ2n) is 6.28. The molecule has 4 heterocycles. The van der Waals surface area contributed by atoms with E-state index in [1.54, 1.807) is 6.92 Å². The molecule has 3 amide bonds. The highest BCUT2D eigenvalue weighted by atomic mass is 16.9. The molecule has 0 spiro atoms. The van der Waals surface area contributed by atoms with Crippen LogP contribution in [-0.4, -0.2) is 73.7 Å². The third-order valence-electron chi connectivity index (χ3n) is 5.13. The fraction of sp³-hybridized carbons (Fsp3) is 0.786. The van der Waals surface area contributed by atoms with Gasteiger partial charge < -0.3 is 24.3 Å². The van der Waals surface area contributed by atoms with Crippen molar-refractivity contribution >= 4 is 17.7 Å². The highest BCUT2D eigenvalue weighted by Crippen LogP contribution is 2.54. The van der Waals surface area contributed by atoms with Gasteiger partial charge >= 0.3 is 0 Å². The van der Waals surface area contributed by atoms with Crippen molar-refractivity contribution in [3.63, 3.8) is 0 Å². The maximum absolute atomic E-state index is 12.6. The van der Waals surface area contributed by atoms with E-state index in [0.29, 0.717) is 0 Å². The van der Waals surface area contributed by atoms with Gasteiger partial charge in [0.2, 0.25) is 17.7 Å². The van der Waals surface area contributed by atoms with E-state index in [2.05, 4.69) is 5.32 Å². The number of hydrogen-bond donors (Lipinski definition) is 1. The summed E-state index contributed by atoms with van der Waals surface area (Å²) in [4.78, 5) is 37.7. The van der Waals surface area contributed by atoms with Crippen LogP contribution >= 0.6 is 0 Å². The molecule has 1 N–H and O–H groups in total. The fourth-order valence-electron chi connectivity index (χ4n) is 4.02. The maximum Gasteiger partial charge on any atom is 0.280 e. The van der Waals surface area contributed by atoms with Gasteiger partial charge in [-0.15, -0.1) is 0 Å². The lowest BCUT2D eigenvalue weighted by Crippen LogP contribution is -2.46. The molecule has 4 aliphatic rings. The lowest BCUT2D eigenvalue weighted by Gasteiger charge is -2.24. The summed E-state index contributed by atoms with van der Waals surface area (Å²) in [6.07, 6.45) is -2.03. The van der Waals surface area contributed by atoms with Gasteiger partial charge in [-0.2, -0.15) is 0 Å². The van der Waals surface area contributed by atoms with Crippen molar-refractivity contribution in [2.75, 3.05) is 20.7 Å². The Balaban J connectivity index is 1.60. The first-order valence-electron chi connectivity index (χ1n) is 7.52. The molecule has 9 nitrogen and oxygen atoms in total. The van der Waals surface area contributed by atoms with Crippen molar-refractivity contribution in [2.45, 2.75) is 37.3 Å². The third-order valence-corrected chi connectivity index (χ3v) is 5.13. The fourth-order valence-corrected chi connectivity index (χ4v) is 4.02. The molecule has 0 aliphatic carbocycles. The molecule has 4 saturated heterocycles. The first kappa shape index (κ1) is 15.0. The molecular formula is C14H18N2O7. The zero-order chi connectivity index (χ0) is 16.5. The Kier molecular flexibility index (Phi) is 3.08. The van der Waals surface area contributed by atoms with Crippen molar-refractivity contribution in [3.05, 3.63) is 0 Å². The number of fused-ring (bicyclic) bond motifs is 8. The van der Waals surface area contributed by atoms with Gasteiger partial charge in [0.25, 0.3) is 5.97 Å². The molecule has 0 saturated carbocycles. The first-order valence-corrected chi connectivity index (χ1v) is 7.52. The molecule has 4 rings (SSSR count). The Labute approximate surface area is 132 Å². The summed E-state index contributed by atoms with van der Waals surface area (Å²) in [5.41, 5.74) is 0. The highest BCUT2D eigenvalue weighted by Gasteiger charge is 2.73. The number of carbonyl (C=O) groups excluding carboxylic acids is 3. The van der Waals surface area contributed by atoms with Crippen LogP contribution in [0.4, 0.5) is 0 Å². The van der Waals surface area contributed by atoms with Crippen molar-refractivity contribution in [3.8, 4) is 0 Å². The van der Waals surface area contributed by atoms with Gasteiger partial charge in [-0.25, -0.2) is 0 Å². The summed E-state index contributed by atoms with van der Waals surface area (Å²) in [5, 5.41) is 2.41. The number of hydrogen-bond acceptors (Lipinski definition) is 7. The van der Waals surface area contributed by atoms with E-state index >= 15 is 0 Å². The van der Waals surface area contributed by atoms with E-state index in [-0.39, 0.29) is 24.3 Å². The summed E-state index contributed by atoms with van der Waals surface area (Å²) < 4.78 is 22.5. The summed E-state index contributed by atoms with van der Waals surface area (Å²) in [6.45, 7) is 1.37. The minimum atomic E-state index is -1.19. The van der Waals surface area contributed by atoms with Crippen LogP contribution < -0.4 is 5.32 Å². The third kappa shape index (κ3) is 1.84. The van der Waals surface area contributed by atoms with E-state index in [1.165, 1.54) is 14.2 Å². The first-order chi connectivity index (χ1) is 10.9. The van der Waals surface area contributed by atoms with Crippen LogP contribution in [-0.2, 0) is 33.3 Å². The molecule has 7 atom stereocenters. The number of nitrogens with one attached hydrogen (secondary N) is 1. The lowest BCUT2D eigenvalue weighted by molar-refractivity contribution is -0.330. The second kappa shape index (κ2) is 4.73. The standard InChI is InChI=1S/C14H18N2O7/c1-14(20-3)22-10-8-6-7(9(21-8)11(10)23-14)13(19)16(12(6)18)4-5(17)15-2/h6-11H,4H2,1-3H3,(H,15,17)/t6?,7?,8-,9?,10+,11?,14?/m0/s1. The van der Waals surface area contributed by atoms with Crippen molar-refractivity contribution in [2.24, 2.45) is 11.8 Å². The van der Waals surface area contributed by atoms with Crippen LogP contribution in [0.3, 0.4) is 0 Å². The van der Waals surface area contributed by atoms with E-state index in [1.807, 2.05) is 0 Å². The van der Waals surface area contributed by atoms with Crippen LogP contribution in [0.2, 0.25) is 0 Å². The highest BCUT2D eigenvalue weighted by molar-refractivity contribution is 6.08. The van der Waals surface area contributed by atoms with E-state index in [4.69, 9.17) is 18.9 Å². The van der Waals surface area contributed by atoms with Crippen LogP contribution in [0.25, 0.3) is 0 Å². The topological polar surface area (TPSA) is 103 Å². The number of nitrogens with zero attached hydrogens (tertiary/aromatic N) is 1. The van der Waals surface area contributed by atoms with Crippen LogP contribution in [0.1, 0.15) is 6.92 Å². The average Bonchev–Trinajstić information content (AvgIpc) is 3.22. The van der Waals surface area contributed by atoms with Gasteiger partial charge in [-0.3, -0.25) is 19.3 Å². The van der Waals surface area contributed by atoms with Crippen molar-refractivity contribution < 1.29 is 33.3 Å². The zero-order valence-electron chi connectivity index (χ0n) is 13.0. The molecule has 23 heavy (non-hydrogen) atoms. The Hall–Kier alpha value is -1.55.